The molecular weight excluding hydrogens is 212 g/mol. The van der Waals surface area contributed by atoms with Gasteiger partial charge in [-0.05, 0) is 30.1 Å². The molecule has 3 heterocycles. The third kappa shape index (κ3) is 1.71. The van der Waals surface area contributed by atoms with Gasteiger partial charge in [0.25, 0.3) is 0 Å². The number of nitrogens with zero attached hydrogens (tertiary/aromatic N) is 2. The fourth-order valence-corrected chi connectivity index (χ4v) is 2.12. The van der Waals surface area contributed by atoms with Crippen molar-refractivity contribution in [1.82, 2.24) is 15.2 Å². The van der Waals surface area contributed by atoms with E-state index in [2.05, 4.69) is 33.2 Å². The highest BCUT2D eigenvalue weighted by molar-refractivity contribution is 5.66. The second kappa shape index (κ2) is 4.05. The number of hydrogen-bond donors (Lipinski definition) is 2. The van der Waals surface area contributed by atoms with Crippen LogP contribution in [-0.4, -0.2) is 15.2 Å². The SMILES string of the molecule is CCC1=CN=c2[nH]ccc2=C(c2cn[nH]c2)C1. The van der Waals surface area contributed by atoms with E-state index in [9.17, 15) is 0 Å². The number of aromatic nitrogens is 3. The maximum atomic E-state index is 4.49. The summed E-state index contributed by atoms with van der Waals surface area (Å²) in [7, 11) is 0. The van der Waals surface area contributed by atoms with Gasteiger partial charge in [0.2, 0.25) is 0 Å². The number of fused-ring (bicyclic) bond motifs is 1. The summed E-state index contributed by atoms with van der Waals surface area (Å²) < 4.78 is 0. The average Bonchev–Trinajstić information content (AvgIpc) is 2.99. The van der Waals surface area contributed by atoms with Gasteiger partial charge in [-0.1, -0.05) is 6.92 Å². The summed E-state index contributed by atoms with van der Waals surface area (Å²) in [5.41, 5.74) is 4.70. The lowest BCUT2D eigenvalue weighted by molar-refractivity contribution is 1.03. The molecule has 2 aromatic heterocycles. The summed E-state index contributed by atoms with van der Waals surface area (Å²) in [6.45, 7) is 2.16. The largest absolute Gasteiger partial charge is 0.346 e. The Morgan fingerprint density at radius 1 is 1.41 bits per heavy atom. The summed E-state index contributed by atoms with van der Waals surface area (Å²) in [6.07, 6.45) is 9.66. The molecule has 0 spiro atoms. The lowest BCUT2D eigenvalue weighted by Gasteiger charge is -2.04. The second-order valence-electron chi connectivity index (χ2n) is 4.15. The topological polar surface area (TPSA) is 56.8 Å². The van der Waals surface area contributed by atoms with Gasteiger partial charge in [-0.15, -0.1) is 0 Å². The highest BCUT2D eigenvalue weighted by Gasteiger charge is 2.10. The van der Waals surface area contributed by atoms with Crippen LogP contribution in [0.3, 0.4) is 0 Å². The monoisotopic (exact) mass is 226 g/mol. The van der Waals surface area contributed by atoms with Crippen LogP contribution in [0.4, 0.5) is 0 Å². The van der Waals surface area contributed by atoms with Crippen molar-refractivity contribution < 1.29 is 0 Å². The molecule has 4 nitrogen and oxygen atoms in total. The van der Waals surface area contributed by atoms with Crippen LogP contribution >= 0.6 is 0 Å². The molecule has 0 fully saturated rings. The molecule has 0 saturated heterocycles. The summed E-state index contributed by atoms with van der Waals surface area (Å²) in [6, 6.07) is 2.08. The molecule has 0 bridgehead atoms. The number of H-pyrrole nitrogens is 2. The molecule has 1 aliphatic heterocycles. The molecule has 0 aromatic carbocycles. The second-order valence-corrected chi connectivity index (χ2v) is 4.15. The van der Waals surface area contributed by atoms with Gasteiger partial charge in [0, 0.05) is 29.4 Å². The Bertz CT molecular complexity index is 659. The first-order chi connectivity index (χ1) is 8.38. The van der Waals surface area contributed by atoms with Crippen molar-refractivity contribution in [2.75, 3.05) is 0 Å². The lowest BCUT2D eigenvalue weighted by atomic mass is 9.99. The predicted molar refractivity (Wildman–Crippen MR) is 65.7 cm³/mol. The number of aromatic amines is 2. The van der Waals surface area contributed by atoms with E-state index in [0.717, 1.165) is 23.9 Å². The molecule has 86 valence electrons. The number of hydrogen-bond acceptors (Lipinski definition) is 2. The van der Waals surface area contributed by atoms with Crippen molar-refractivity contribution >= 4 is 5.57 Å². The van der Waals surface area contributed by atoms with Crippen molar-refractivity contribution in [3.05, 3.63) is 52.7 Å². The van der Waals surface area contributed by atoms with Gasteiger partial charge >= 0.3 is 0 Å². The minimum absolute atomic E-state index is 0.935. The molecule has 0 atom stereocenters. The normalized spacial score (nSPS) is 14.9. The number of rotatable bonds is 2. The number of nitrogens with one attached hydrogen (secondary N) is 2. The summed E-state index contributed by atoms with van der Waals surface area (Å²) in [5, 5.41) is 8.07. The molecule has 4 heteroatoms. The van der Waals surface area contributed by atoms with Crippen LogP contribution < -0.4 is 10.7 Å². The van der Waals surface area contributed by atoms with Gasteiger partial charge in [-0.25, -0.2) is 4.99 Å². The van der Waals surface area contributed by atoms with E-state index < -0.39 is 0 Å². The molecule has 0 radical (unpaired) electrons. The summed E-state index contributed by atoms with van der Waals surface area (Å²) in [5.74, 6) is 0. The fourth-order valence-electron chi connectivity index (χ4n) is 2.12. The first-order valence-electron chi connectivity index (χ1n) is 5.80. The Morgan fingerprint density at radius 2 is 2.35 bits per heavy atom. The molecule has 0 unspecified atom stereocenters. The van der Waals surface area contributed by atoms with Crippen molar-refractivity contribution in [2.24, 2.45) is 4.99 Å². The smallest absolute Gasteiger partial charge is 0.137 e. The van der Waals surface area contributed by atoms with E-state index in [1.165, 1.54) is 16.4 Å². The summed E-state index contributed by atoms with van der Waals surface area (Å²) in [4.78, 5) is 7.66. The molecular formula is C13H14N4. The summed E-state index contributed by atoms with van der Waals surface area (Å²) >= 11 is 0. The van der Waals surface area contributed by atoms with E-state index in [1.54, 1.807) is 0 Å². The minimum atomic E-state index is 0.935. The standard InChI is InChI=1S/C13H14N4/c1-2-9-5-12(10-7-16-17-8-10)11-3-4-14-13(11)15-6-9/h3-4,6-8H,2,5H2,1H3,(H,14,15)(H,16,17). The van der Waals surface area contributed by atoms with E-state index >= 15 is 0 Å². The maximum Gasteiger partial charge on any atom is 0.137 e. The number of allylic oxidation sites excluding steroid dienone is 1. The highest BCUT2D eigenvalue weighted by atomic mass is 15.1. The lowest BCUT2D eigenvalue weighted by Crippen LogP contribution is -2.24. The predicted octanol–water partition coefficient (Wildman–Crippen LogP) is 1.25. The molecule has 17 heavy (non-hydrogen) atoms. The van der Waals surface area contributed by atoms with Crippen molar-refractivity contribution in [1.29, 1.82) is 0 Å². The fraction of sp³-hybridized carbons (Fsp3) is 0.231. The minimum Gasteiger partial charge on any atom is -0.346 e. The average molecular weight is 226 g/mol. The zero-order chi connectivity index (χ0) is 11.7. The Labute approximate surface area is 98.8 Å². The van der Waals surface area contributed by atoms with Crippen LogP contribution in [-0.2, 0) is 0 Å². The Hall–Kier alpha value is -2.10. The first kappa shape index (κ1) is 10.1. The molecule has 1 aliphatic rings. The molecule has 0 amide bonds. The van der Waals surface area contributed by atoms with Gasteiger partial charge in [0.15, 0.2) is 0 Å². The third-order valence-electron chi connectivity index (χ3n) is 3.13. The molecule has 0 aliphatic carbocycles. The van der Waals surface area contributed by atoms with Crippen LogP contribution in [0.15, 0.2) is 41.4 Å². The van der Waals surface area contributed by atoms with E-state index in [1.807, 2.05) is 24.8 Å². The van der Waals surface area contributed by atoms with Gasteiger partial charge in [0.1, 0.15) is 5.49 Å². The quantitative estimate of drug-likeness (QED) is 0.795. The molecule has 0 saturated carbocycles. The first-order valence-corrected chi connectivity index (χ1v) is 5.80. The Balaban J connectivity index is 2.28. The maximum absolute atomic E-state index is 4.49. The van der Waals surface area contributed by atoms with Gasteiger partial charge in [-0.2, -0.15) is 5.10 Å². The van der Waals surface area contributed by atoms with Gasteiger partial charge in [-0.3, -0.25) is 5.10 Å². The van der Waals surface area contributed by atoms with Crippen molar-refractivity contribution in [3.8, 4) is 0 Å². The van der Waals surface area contributed by atoms with Crippen LogP contribution in [0.25, 0.3) is 5.57 Å². The van der Waals surface area contributed by atoms with Crippen LogP contribution in [0.2, 0.25) is 0 Å². The Kier molecular flexibility index (Phi) is 2.40. The van der Waals surface area contributed by atoms with Gasteiger partial charge < -0.3 is 4.98 Å². The zero-order valence-electron chi connectivity index (χ0n) is 9.70. The van der Waals surface area contributed by atoms with Crippen molar-refractivity contribution in [2.45, 2.75) is 19.8 Å². The van der Waals surface area contributed by atoms with E-state index in [0.29, 0.717) is 0 Å². The third-order valence-corrected chi connectivity index (χ3v) is 3.13. The van der Waals surface area contributed by atoms with Crippen molar-refractivity contribution in [3.63, 3.8) is 0 Å². The van der Waals surface area contributed by atoms with Crippen LogP contribution in [0, 0.1) is 0 Å². The van der Waals surface area contributed by atoms with Gasteiger partial charge in [0.05, 0.1) is 6.20 Å². The molecule has 2 aromatic rings. The molecule has 2 N–H and O–H groups in total. The van der Waals surface area contributed by atoms with E-state index in [-0.39, 0.29) is 0 Å². The highest BCUT2D eigenvalue weighted by Crippen LogP contribution is 2.21. The van der Waals surface area contributed by atoms with Crippen LogP contribution in [0.1, 0.15) is 25.3 Å². The van der Waals surface area contributed by atoms with Crippen LogP contribution in [0.5, 0.6) is 0 Å². The Morgan fingerprint density at radius 3 is 3.12 bits per heavy atom. The molecule has 3 rings (SSSR count). The van der Waals surface area contributed by atoms with E-state index in [4.69, 9.17) is 0 Å². The zero-order valence-corrected chi connectivity index (χ0v) is 9.70.